The maximum atomic E-state index is 11.9. The summed E-state index contributed by atoms with van der Waals surface area (Å²) >= 11 is 0. The van der Waals surface area contributed by atoms with E-state index < -0.39 is 5.41 Å². The number of pyridine rings is 1. The number of nitrogens with zero attached hydrogens (tertiary/aromatic N) is 1. The van der Waals surface area contributed by atoms with Gasteiger partial charge in [0.25, 0.3) is 0 Å². The van der Waals surface area contributed by atoms with E-state index in [1.54, 1.807) is 6.20 Å². The van der Waals surface area contributed by atoms with Gasteiger partial charge in [-0.2, -0.15) is 0 Å². The number of aromatic nitrogens is 1. The Morgan fingerprint density at radius 1 is 1.53 bits per heavy atom. The monoisotopic (exact) mass is 235 g/mol. The average Bonchev–Trinajstić information content (AvgIpc) is 2.30. The molecular formula is C12H17N3O2. The molecule has 1 amide bonds. The van der Waals surface area contributed by atoms with Crippen LogP contribution in [0.4, 0.5) is 0 Å². The Hall–Kier alpha value is -1.46. The van der Waals surface area contributed by atoms with Crippen molar-refractivity contribution in [2.24, 2.45) is 11.1 Å². The molecule has 0 radical (unpaired) electrons. The quantitative estimate of drug-likeness (QED) is 0.735. The Bertz CT molecular complexity index is 371. The Morgan fingerprint density at radius 2 is 2.35 bits per heavy atom. The average molecular weight is 235 g/mol. The van der Waals surface area contributed by atoms with Gasteiger partial charge in [0.15, 0.2) is 0 Å². The standard InChI is InChI=1S/C12H17N3O2/c13-7-12(8-17-9-12)11(16)15-6-4-10-3-1-2-5-14-10/h1-3,5H,4,6-9,13H2,(H,15,16). The number of hydrogen-bond acceptors (Lipinski definition) is 4. The first-order valence-corrected chi connectivity index (χ1v) is 5.73. The first-order valence-electron chi connectivity index (χ1n) is 5.73. The van der Waals surface area contributed by atoms with Crippen molar-refractivity contribution in [1.82, 2.24) is 10.3 Å². The number of carbonyl (C=O) groups is 1. The van der Waals surface area contributed by atoms with Crippen molar-refractivity contribution in [1.29, 1.82) is 0 Å². The van der Waals surface area contributed by atoms with E-state index in [2.05, 4.69) is 10.3 Å². The molecule has 2 heterocycles. The van der Waals surface area contributed by atoms with Crippen molar-refractivity contribution in [2.75, 3.05) is 26.3 Å². The number of nitrogens with two attached hydrogens (primary N) is 1. The number of hydrogen-bond donors (Lipinski definition) is 2. The summed E-state index contributed by atoms with van der Waals surface area (Å²) in [4.78, 5) is 16.1. The van der Waals surface area contributed by atoms with Crippen molar-refractivity contribution in [2.45, 2.75) is 6.42 Å². The summed E-state index contributed by atoms with van der Waals surface area (Å²) in [5, 5.41) is 2.89. The number of ether oxygens (including phenoxy) is 1. The molecule has 0 aromatic carbocycles. The SMILES string of the molecule is NCC1(C(=O)NCCc2ccccn2)COC1. The summed E-state index contributed by atoms with van der Waals surface area (Å²) in [6.07, 6.45) is 2.48. The first kappa shape index (κ1) is 12.0. The van der Waals surface area contributed by atoms with Crippen molar-refractivity contribution in [3.63, 3.8) is 0 Å². The van der Waals surface area contributed by atoms with E-state index in [-0.39, 0.29) is 5.91 Å². The molecule has 1 aliphatic heterocycles. The topological polar surface area (TPSA) is 77.2 Å². The maximum absolute atomic E-state index is 11.9. The van der Waals surface area contributed by atoms with E-state index in [0.29, 0.717) is 26.3 Å². The van der Waals surface area contributed by atoms with Crippen LogP contribution in [-0.2, 0) is 16.0 Å². The lowest BCUT2D eigenvalue weighted by atomic mass is 9.85. The molecule has 0 spiro atoms. The molecule has 5 heteroatoms. The number of carbonyl (C=O) groups excluding carboxylic acids is 1. The Morgan fingerprint density at radius 3 is 2.88 bits per heavy atom. The summed E-state index contributed by atoms with van der Waals surface area (Å²) in [6.45, 7) is 1.78. The van der Waals surface area contributed by atoms with Crippen LogP contribution in [-0.4, -0.2) is 37.2 Å². The molecule has 1 aromatic rings. The molecule has 1 aromatic heterocycles. The summed E-state index contributed by atoms with van der Waals surface area (Å²) in [7, 11) is 0. The van der Waals surface area contributed by atoms with Gasteiger partial charge in [-0.3, -0.25) is 9.78 Å². The van der Waals surface area contributed by atoms with Crippen LogP contribution < -0.4 is 11.1 Å². The van der Waals surface area contributed by atoms with Gasteiger partial charge in [-0.1, -0.05) is 6.07 Å². The minimum atomic E-state index is -0.496. The fraction of sp³-hybridized carbons (Fsp3) is 0.500. The van der Waals surface area contributed by atoms with Crippen LogP contribution in [0.3, 0.4) is 0 Å². The Labute approximate surface area is 100 Å². The van der Waals surface area contributed by atoms with Gasteiger partial charge in [-0.25, -0.2) is 0 Å². The highest BCUT2D eigenvalue weighted by Gasteiger charge is 2.44. The summed E-state index contributed by atoms with van der Waals surface area (Å²) in [5.74, 6) is -0.0119. The van der Waals surface area contributed by atoms with Gasteiger partial charge in [-0.15, -0.1) is 0 Å². The molecule has 3 N–H and O–H groups in total. The fourth-order valence-electron chi connectivity index (χ4n) is 1.73. The summed E-state index contributed by atoms with van der Waals surface area (Å²) in [5.41, 5.74) is 6.08. The zero-order chi connectivity index (χ0) is 12.1. The van der Waals surface area contributed by atoms with Crippen molar-refractivity contribution in [3.05, 3.63) is 30.1 Å². The molecule has 0 aliphatic carbocycles. The highest BCUT2D eigenvalue weighted by Crippen LogP contribution is 2.25. The Kier molecular flexibility index (Phi) is 3.71. The lowest BCUT2D eigenvalue weighted by molar-refractivity contribution is -0.159. The van der Waals surface area contributed by atoms with Gasteiger partial charge in [0.1, 0.15) is 5.41 Å². The van der Waals surface area contributed by atoms with Crippen LogP contribution in [0.1, 0.15) is 5.69 Å². The van der Waals surface area contributed by atoms with Crippen LogP contribution in [0.15, 0.2) is 24.4 Å². The van der Waals surface area contributed by atoms with Crippen LogP contribution >= 0.6 is 0 Å². The number of amides is 1. The van der Waals surface area contributed by atoms with Crippen molar-refractivity contribution >= 4 is 5.91 Å². The normalized spacial score (nSPS) is 17.2. The smallest absolute Gasteiger partial charge is 0.232 e. The third kappa shape index (κ3) is 2.62. The molecule has 0 unspecified atom stereocenters. The predicted molar refractivity (Wildman–Crippen MR) is 63.3 cm³/mol. The molecule has 0 bridgehead atoms. The van der Waals surface area contributed by atoms with Gasteiger partial charge in [0.05, 0.1) is 13.2 Å². The van der Waals surface area contributed by atoms with E-state index in [9.17, 15) is 4.79 Å². The molecule has 1 saturated heterocycles. The van der Waals surface area contributed by atoms with Gasteiger partial charge >= 0.3 is 0 Å². The lowest BCUT2D eigenvalue weighted by Crippen LogP contribution is -2.58. The van der Waals surface area contributed by atoms with E-state index in [4.69, 9.17) is 10.5 Å². The minimum Gasteiger partial charge on any atom is -0.379 e. The van der Waals surface area contributed by atoms with Gasteiger partial charge in [0.2, 0.25) is 5.91 Å². The molecular weight excluding hydrogens is 218 g/mol. The van der Waals surface area contributed by atoms with Crippen LogP contribution in [0.25, 0.3) is 0 Å². The third-order valence-electron chi connectivity index (χ3n) is 3.02. The molecule has 1 fully saturated rings. The number of rotatable bonds is 5. The molecule has 17 heavy (non-hydrogen) atoms. The first-order chi connectivity index (χ1) is 8.27. The zero-order valence-corrected chi connectivity index (χ0v) is 9.69. The van der Waals surface area contributed by atoms with E-state index in [1.165, 1.54) is 0 Å². The second-order valence-corrected chi connectivity index (χ2v) is 4.30. The molecule has 0 atom stereocenters. The van der Waals surface area contributed by atoms with Crippen LogP contribution in [0.2, 0.25) is 0 Å². The van der Waals surface area contributed by atoms with Gasteiger partial charge < -0.3 is 15.8 Å². The fourth-order valence-corrected chi connectivity index (χ4v) is 1.73. The van der Waals surface area contributed by atoms with E-state index in [1.807, 2.05) is 18.2 Å². The van der Waals surface area contributed by atoms with E-state index in [0.717, 1.165) is 12.1 Å². The molecule has 0 saturated carbocycles. The lowest BCUT2D eigenvalue weighted by Gasteiger charge is -2.38. The Balaban J connectivity index is 1.77. The van der Waals surface area contributed by atoms with Crippen LogP contribution in [0.5, 0.6) is 0 Å². The van der Waals surface area contributed by atoms with Crippen LogP contribution in [0, 0.1) is 5.41 Å². The molecule has 5 nitrogen and oxygen atoms in total. The third-order valence-corrected chi connectivity index (χ3v) is 3.02. The minimum absolute atomic E-state index is 0.0119. The number of nitrogens with one attached hydrogen (secondary N) is 1. The second kappa shape index (κ2) is 5.25. The summed E-state index contributed by atoms with van der Waals surface area (Å²) < 4.78 is 5.06. The van der Waals surface area contributed by atoms with E-state index >= 15 is 0 Å². The highest BCUT2D eigenvalue weighted by molar-refractivity contribution is 5.84. The largest absolute Gasteiger partial charge is 0.379 e. The predicted octanol–water partition coefficient (Wildman–Crippen LogP) is -0.284. The van der Waals surface area contributed by atoms with Crippen molar-refractivity contribution < 1.29 is 9.53 Å². The maximum Gasteiger partial charge on any atom is 0.232 e. The molecule has 92 valence electrons. The van der Waals surface area contributed by atoms with Gasteiger partial charge in [0, 0.05) is 31.4 Å². The second-order valence-electron chi connectivity index (χ2n) is 4.30. The molecule has 2 rings (SSSR count). The van der Waals surface area contributed by atoms with Gasteiger partial charge in [-0.05, 0) is 12.1 Å². The highest BCUT2D eigenvalue weighted by atomic mass is 16.5. The molecule has 1 aliphatic rings. The summed E-state index contributed by atoms with van der Waals surface area (Å²) in [6, 6.07) is 5.75. The zero-order valence-electron chi connectivity index (χ0n) is 9.69. The van der Waals surface area contributed by atoms with Crippen molar-refractivity contribution in [3.8, 4) is 0 Å².